The van der Waals surface area contributed by atoms with Crippen LogP contribution in [0.1, 0.15) is 24.5 Å². The average Bonchev–Trinajstić information content (AvgIpc) is 2.67. The number of phenols is 1. The van der Waals surface area contributed by atoms with Gasteiger partial charge in [0.15, 0.2) is 0 Å². The fourth-order valence-corrected chi connectivity index (χ4v) is 2.92. The second-order valence-corrected chi connectivity index (χ2v) is 7.27. The van der Waals surface area contributed by atoms with Crippen molar-refractivity contribution in [1.82, 2.24) is 10.6 Å². The van der Waals surface area contributed by atoms with Gasteiger partial charge in [0.25, 0.3) is 0 Å². The third-order valence-electron chi connectivity index (χ3n) is 4.17. The molecule has 0 aliphatic heterocycles. The smallest absolute Gasteiger partial charge is 0.242 e. The number of phenolic OH excluding ortho intramolecular Hbond substituents is 1. The minimum absolute atomic E-state index is 0.0955. The number of carbonyl (C=O) groups excluding carboxylic acids is 2. The van der Waals surface area contributed by atoms with Gasteiger partial charge in [0.05, 0.1) is 6.04 Å². The molecule has 0 aliphatic rings. The van der Waals surface area contributed by atoms with Gasteiger partial charge >= 0.3 is 0 Å². The Morgan fingerprint density at radius 1 is 1.15 bits per heavy atom. The Hall–Kier alpha value is -2.38. The highest BCUT2D eigenvalue weighted by Crippen LogP contribution is 2.21. The van der Waals surface area contributed by atoms with Crippen LogP contribution < -0.4 is 16.4 Å². The lowest BCUT2D eigenvalue weighted by Crippen LogP contribution is -2.50. The topological polar surface area (TPSA) is 104 Å². The highest BCUT2D eigenvalue weighted by molar-refractivity contribution is 9.10. The molecule has 144 valence electrons. The van der Waals surface area contributed by atoms with Crippen LogP contribution in [-0.4, -0.2) is 29.0 Å². The van der Waals surface area contributed by atoms with Crippen molar-refractivity contribution in [3.63, 3.8) is 0 Å². The van der Waals surface area contributed by atoms with E-state index in [0.29, 0.717) is 18.4 Å². The van der Waals surface area contributed by atoms with E-state index in [-0.39, 0.29) is 24.1 Å². The summed E-state index contributed by atoms with van der Waals surface area (Å²) in [5, 5.41) is 15.1. The lowest BCUT2D eigenvalue weighted by Gasteiger charge is -2.17. The first kappa shape index (κ1) is 20.9. The Labute approximate surface area is 167 Å². The summed E-state index contributed by atoms with van der Waals surface area (Å²) in [5.41, 5.74) is 7.62. The van der Waals surface area contributed by atoms with E-state index in [1.165, 1.54) is 0 Å². The zero-order valence-electron chi connectivity index (χ0n) is 15.1. The number of benzene rings is 2. The zero-order chi connectivity index (χ0) is 19.8. The number of aryl methyl sites for hydroxylation is 1. The van der Waals surface area contributed by atoms with E-state index in [9.17, 15) is 14.7 Å². The number of rotatable bonds is 8. The summed E-state index contributed by atoms with van der Waals surface area (Å²) < 4.78 is 0.801. The van der Waals surface area contributed by atoms with E-state index in [1.807, 2.05) is 30.3 Å². The van der Waals surface area contributed by atoms with Crippen LogP contribution in [0.25, 0.3) is 0 Å². The number of nitrogens with two attached hydrogens (primary N) is 1. The predicted molar refractivity (Wildman–Crippen MR) is 108 cm³/mol. The lowest BCUT2D eigenvalue weighted by atomic mass is 10.1. The molecule has 5 N–H and O–H groups in total. The van der Waals surface area contributed by atoms with Crippen LogP contribution in [0.15, 0.2) is 53.0 Å². The summed E-state index contributed by atoms with van der Waals surface area (Å²) in [4.78, 5) is 24.4. The van der Waals surface area contributed by atoms with Gasteiger partial charge in [0.2, 0.25) is 11.8 Å². The fourth-order valence-electron chi connectivity index (χ4n) is 2.52. The quantitative estimate of drug-likeness (QED) is 0.512. The van der Waals surface area contributed by atoms with Gasteiger partial charge in [0, 0.05) is 16.6 Å². The summed E-state index contributed by atoms with van der Waals surface area (Å²) in [6.07, 6.45) is 1.19. The molecule has 2 rings (SSSR count). The molecule has 0 spiro atoms. The standard InChI is InChI=1S/C20H24BrN3O3/c1-13(19(26)23-12-15-11-16(21)8-10-18(15)25)24-20(27)17(22)9-7-14-5-3-2-4-6-14/h2-6,8,10-11,13,17,25H,7,9,12,22H2,1H3,(H,23,26)(H,24,27)/t13-,17+/m0/s1. The molecule has 2 aromatic carbocycles. The third kappa shape index (κ3) is 6.69. The van der Waals surface area contributed by atoms with Crippen molar-refractivity contribution in [3.8, 4) is 5.75 Å². The Bertz CT molecular complexity index is 783. The monoisotopic (exact) mass is 433 g/mol. The molecule has 0 radical (unpaired) electrons. The molecule has 2 atom stereocenters. The van der Waals surface area contributed by atoms with Crippen LogP contribution in [0.2, 0.25) is 0 Å². The second-order valence-electron chi connectivity index (χ2n) is 6.35. The second kappa shape index (κ2) is 10.1. The van der Waals surface area contributed by atoms with Gasteiger partial charge in [-0.1, -0.05) is 46.3 Å². The van der Waals surface area contributed by atoms with Crippen LogP contribution >= 0.6 is 15.9 Å². The molecule has 7 heteroatoms. The average molecular weight is 434 g/mol. The maximum Gasteiger partial charge on any atom is 0.242 e. The first-order chi connectivity index (χ1) is 12.9. The summed E-state index contributed by atoms with van der Waals surface area (Å²) >= 11 is 3.32. The summed E-state index contributed by atoms with van der Waals surface area (Å²) in [6, 6.07) is 13.3. The molecule has 0 aliphatic carbocycles. The molecule has 0 heterocycles. The number of amides is 2. The van der Waals surface area contributed by atoms with Crippen molar-refractivity contribution in [1.29, 1.82) is 0 Å². The Kier molecular flexibility index (Phi) is 7.82. The summed E-state index contributed by atoms with van der Waals surface area (Å²) in [7, 11) is 0. The van der Waals surface area contributed by atoms with Crippen molar-refractivity contribution in [2.75, 3.05) is 0 Å². The Morgan fingerprint density at radius 3 is 2.56 bits per heavy atom. The largest absolute Gasteiger partial charge is 0.508 e. The van der Waals surface area contributed by atoms with Gasteiger partial charge in [-0.05, 0) is 43.5 Å². The minimum Gasteiger partial charge on any atom is -0.508 e. The maximum absolute atomic E-state index is 12.2. The van der Waals surface area contributed by atoms with Crippen molar-refractivity contribution in [2.24, 2.45) is 5.73 Å². The first-order valence-electron chi connectivity index (χ1n) is 8.72. The minimum atomic E-state index is -0.727. The molecule has 0 aromatic heterocycles. The summed E-state index contributed by atoms with van der Waals surface area (Å²) in [6.45, 7) is 1.75. The molecule has 27 heavy (non-hydrogen) atoms. The van der Waals surface area contributed by atoms with Gasteiger partial charge in [-0.3, -0.25) is 9.59 Å². The molecule has 0 saturated heterocycles. The Morgan fingerprint density at radius 2 is 1.85 bits per heavy atom. The number of hydrogen-bond acceptors (Lipinski definition) is 4. The zero-order valence-corrected chi connectivity index (χ0v) is 16.7. The van der Waals surface area contributed by atoms with E-state index < -0.39 is 12.1 Å². The number of aromatic hydroxyl groups is 1. The van der Waals surface area contributed by atoms with Gasteiger partial charge in [-0.15, -0.1) is 0 Å². The maximum atomic E-state index is 12.2. The van der Waals surface area contributed by atoms with Crippen LogP contribution in [0.4, 0.5) is 0 Å². The molecular formula is C20H24BrN3O3. The Balaban J connectivity index is 1.78. The molecule has 0 saturated carbocycles. The van der Waals surface area contributed by atoms with E-state index >= 15 is 0 Å². The predicted octanol–water partition coefficient (Wildman–Crippen LogP) is 2.24. The molecule has 6 nitrogen and oxygen atoms in total. The molecule has 2 amide bonds. The number of nitrogens with one attached hydrogen (secondary N) is 2. The van der Waals surface area contributed by atoms with Crippen LogP contribution in [0.3, 0.4) is 0 Å². The fraction of sp³-hybridized carbons (Fsp3) is 0.300. The van der Waals surface area contributed by atoms with E-state index in [4.69, 9.17) is 5.73 Å². The van der Waals surface area contributed by atoms with Gasteiger partial charge in [-0.2, -0.15) is 0 Å². The van der Waals surface area contributed by atoms with E-state index in [2.05, 4.69) is 26.6 Å². The van der Waals surface area contributed by atoms with Crippen LogP contribution in [0.5, 0.6) is 5.75 Å². The van der Waals surface area contributed by atoms with E-state index in [0.717, 1.165) is 10.0 Å². The van der Waals surface area contributed by atoms with Gasteiger partial charge < -0.3 is 21.5 Å². The normalized spacial score (nSPS) is 12.9. The first-order valence-corrected chi connectivity index (χ1v) is 9.51. The van der Waals surface area contributed by atoms with Crippen molar-refractivity contribution >= 4 is 27.7 Å². The van der Waals surface area contributed by atoms with Gasteiger partial charge in [-0.25, -0.2) is 0 Å². The molecular weight excluding hydrogens is 410 g/mol. The highest BCUT2D eigenvalue weighted by Gasteiger charge is 2.20. The molecule has 2 aromatic rings. The van der Waals surface area contributed by atoms with Crippen LogP contribution in [0, 0.1) is 0 Å². The van der Waals surface area contributed by atoms with Crippen LogP contribution in [-0.2, 0) is 22.6 Å². The third-order valence-corrected chi connectivity index (χ3v) is 4.66. The van der Waals surface area contributed by atoms with Crippen molar-refractivity contribution in [3.05, 3.63) is 64.1 Å². The molecule has 0 fully saturated rings. The highest BCUT2D eigenvalue weighted by atomic mass is 79.9. The number of hydrogen-bond donors (Lipinski definition) is 4. The number of carbonyl (C=O) groups is 2. The number of halogens is 1. The molecule has 0 bridgehead atoms. The van der Waals surface area contributed by atoms with Crippen molar-refractivity contribution < 1.29 is 14.7 Å². The van der Waals surface area contributed by atoms with Crippen molar-refractivity contribution in [2.45, 2.75) is 38.4 Å². The lowest BCUT2D eigenvalue weighted by molar-refractivity contribution is -0.129. The molecule has 0 unspecified atom stereocenters. The SMILES string of the molecule is C[C@H](NC(=O)[C@H](N)CCc1ccccc1)C(=O)NCc1cc(Br)ccc1O. The summed E-state index contributed by atoms with van der Waals surface area (Å²) in [5.74, 6) is -0.616. The van der Waals surface area contributed by atoms with Gasteiger partial charge in [0.1, 0.15) is 11.8 Å². The van der Waals surface area contributed by atoms with E-state index in [1.54, 1.807) is 25.1 Å².